The van der Waals surface area contributed by atoms with Crippen molar-refractivity contribution < 1.29 is 22.8 Å². The molecule has 2 amide bonds. The number of nitrogens with one attached hydrogen (secondary N) is 1. The van der Waals surface area contributed by atoms with Crippen molar-refractivity contribution in [2.75, 3.05) is 11.9 Å². The van der Waals surface area contributed by atoms with E-state index >= 15 is 0 Å². The van der Waals surface area contributed by atoms with Crippen molar-refractivity contribution in [3.05, 3.63) is 28.2 Å². The molecule has 1 saturated heterocycles. The molecule has 1 aromatic rings. The van der Waals surface area contributed by atoms with Gasteiger partial charge in [0.1, 0.15) is 6.04 Å². The predicted octanol–water partition coefficient (Wildman–Crippen LogP) is 3.03. The summed E-state index contributed by atoms with van der Waals surface area (Å²) in [5.41, 5.74) is -0.689. The third-order valence-electron chi connectivity index (χ3n) is 3.18. The Bertz CT molecular complexity index is 589. The lowest BCUT2D eigenvalue weighted by molar-refractivity contribution is -0.138. The summed E-state index contributed by atoms with van der Waals surface area (Å²) in [5.74, 6) is -0.755. The summed E-state index contributed by atoms with van der Waals surface area (Å²) in [5, 5.41) is 2.71. The van der Waals surface area contributed by atoms with Gasteiger partial charge >= 0.3 is 6.18 Å². The number of nitrogens with zero attached hydrogens (tertiary/aromatic N) is 1. The zero-order chi connectivity index (χ0) is 15.8. The third-order valence-corrected chi connectivity index (χ3v) is 3.88. The lowest BCUT2D eigenvalue weighted by atomic mass is 10.1. The summed E-state index contributed by atoms with van der Waals surface area (Å²) in [7, 11) is 0. The number of halogens is 4. The largest absolute Gasteiger partial charge is 0.416 e. The van der Waals surface area contributed by atoms with E-state index in [0.29, 0.717) is 4.47 Å². The van der Waals surface area contributed by atoms with E-state index in [2.05, 4.69) is 21.2 Å². The zero-order valence-corrected chi connectivity index (χ0v) is 12.6. The Morgan fingerprint density at radius 1 is 1.38 bits per heavy atom. The highest BCUT2D eigenvalue weighted by atomic mass is 79.9. The molecule has 1 atom stereocenters. The second-order valence-corrected chi connectivity index (χ2v) is 5.42. The van der Waals surface area contributed by atoms with Gasteiger partial charge in [0.25, 0.3) is 5.91 Å². The second-order valence-electron chi connectivity index (χ2n) is 4.57. The summed E-state index contributed by atoms with van der Waals surface area (Å²) in [6.45, 7) is 1.91. The van der Waals surface area contributed by atoms with Gasteiger partial charge in [-0.1, -0.05) is 0 Å². The molecule has 0 saturated carbocycles. The number of amides is 2. The standard InChI is InChI=1S/C13H12BrF3N2O2/c1-2-19-11(20)6-10(12(19)21)18-9-5-7(13(15,16)17)3-4-8(9)14/h3-5,10,18H,2,6H2,1H3. The van der Waals surface area contributed by atoms with E-state index < -0.39 is 23.7 Å². The van der Waals surface area contributed by atoms with Crippen LogP contribution in [0, 0.1) is 0 Å². The van der Waals surface area contributed by atoms with E-state index in [1.54, 1.807) is 6.92 Å². The molecular weight excluding hydrogens is 353 g/mol. The molecule has 8 heteroatoms. The number of hydrogen-bond donors (Lipinski definition) is 1. The smallest absolute Gasteiger partial charge is 0.372 e. The highest BCUT2D eigenvalue weighted by molar-refractivity contribution is 9.10. The predicted molar refractivity (Wildman–Crippen MR) is 73.6 cm³/mol. The van der Waals surface area contributed by atoms with Crippen LogP contribution in [0.4, 0.5) is 18.9 Å². The summed E-state index contributed by atoms with van der Waals surface area (Å²) >= 11 is 3.13. The number of benzene rings is 1. The molecule has 1 heterocycles. The SMILES string of the molecule is CCN1C(=O)CC(Nc2cc(C(F)(F)F)ccc2Br)C1=O. The van der Waals surface area contributed by atoms with E-state index in [-0.39, 0.29) is 24.6 Å². The summed E-state index contributed by atoms with van der Waals surface area (Å²) in [6, 6.07) is 2.27. The van der Waals surface area contributed by atoms with Gasteiger partial charge < -0.3 is 5.32 Å². The molecule has 2 rings (SSSR count). The number of anilines is 1. The minimum Gasteiger partial charge on any atom is -0.372 e. The Morgan fingerprint density at radius 3 is 2.57 bits per heavy atom. The van der Waals surface area contributed by atoms with E-state index in [4.69, 9.17) is 0 Å². The number of hydrogen-bond acceptors (Lipinski definition) is 3. The normalized spacial score (nSPS) is 19.3. The number of imide groups is 1. The van der Waals surface area contributed by atoms with Gasteiger partial charge in [0.2, 0.25) is 5.91 Å². The van der Waals surface area contributed by atoms with Crippen LogP contribution in [0.3, 0.4) is 0 Å². The van der Waals surface area contributed by atoms with Crippen LogP contribution in [0.1, 0.15) is 18.9 Å². The minimum absolute atomic E-state index is 0.0602. The molecule has 0 aliphatic carbocycles. The number of likely N-dealkylation sites (tertiary alicyclic amines) is 1. The molecule has 114 valence electrons. The maximum absolute atomic E-state index is 12.7. The molecule has 1 unspecified atom stereocenters. The van der Waals surface area contributed by atoms with E-state index in [9.17, 15) is 22.8 Å². The molecule has 0 bridgehead atoms. The maximum atomic E-state index is 12.7. The van der Waals surface area contributed by atoms with Gasteiger partial charge in [0, 0.05) is 16.7 Å². The van der Waals surface area contributed by atoms with Gasteiger partial charge in [-0.2, -0.15) is 13.2 Å². The minimum atomic E-state index is -4.47. The Kier molecular flexibility index (Phi) is 4.27. The second kappa shape index (κ2) is 5.67. The number of rotatable bonds is 3. The molecule has 1 fully saturated rings. The van der Waals surface area contributed by atoms with Crippen LogP contribution in [-0.4, -0.2) is 29.3 Å². The highest BCUT2D eigenvalue weighted by Crippen LogP contribution is 2.34. The zero-order valence-electron chi connectivity index (χ0n) is 11.0. The van der Waals surface area contributed by atoms with Crippen molar-refractivity contribution in [2.24, 2.45) is 0 Å². The van der Waals surface area contributed by atoms with Gasteiger partial charge in [0.15, 0.2) is 0 Å². The molecular formula is C13H12BrF3N2O2. The van der Waals surface area contributed by atoms with Crippen LogP contribution in [-0.2, 0) is 15.8 Å². The number of alkyl halides is 3. The van der Waals surface area contributed by atoms with Gasteiger partial charge in [0.05, 0.1) is 12.0 Å². The quantitative estimate of drug-likeness (QED) is 0.838. The number of carbonyl (C=O) groups is 2. The van der Waals surface area contributed by atoms with Crippen molar-refractivity contribution in [3.8, 4) is 0 Å². The average Bonchev–Trinajstić information content (AvgIpc) is 2.65. The van der Waals surface area contributed by atoms with Crippen LogP contribution in [0.25, 0.3) is 0 Å². The molecule has 0 spiro atoms. The summed E-state index contributed by atoms with van der Waals surface area (Å²) < 4.78 is 38.5. The van der Waals surface area contributed by atoms with Crippen molar-refractivity contribution in [3.63, 3.8) is 0 Å². The fourth-order valence-electron chi connectivity index (χ4n) is 2.13. The van der Waals surface area contributed by atoms with Crippen LogP contribution < -0.4 is 5.32 Å². The Morgan fingerprint density at radius 2 is 2.05 bits per heavy atom. The molecule has 0 aromatic heterocycles. The molecule has 1 N–H and O–H groups in total. The lowest BCUT2D eigenvalue weighted by Gasteiger charge is -2.16. The third kappa shape index (κ3) is 3.20. The Labute approximate surface area is 127 Å². The van der Waals surface area contributed by atoms with Crippen LogP contribution >= 0.6 is 15.9 Å². The Hall–Kier alpha value is -1.57. The monoisotopic (exact) mass is 364 g/mol. The maximum Gasteiger partial charge on any atom is 0.416 e. The Balaban J connectivity index is 2.24. The van der Waals surface area contributed by atoms with Gasteiger partial charge in [-0.15, -0.1) is 0 Å². The number of carbonyl (C=O) groups excluding carboxylic acids is 2. The van der Waals surface area contributed by atoms with Crippen molar-refractivity contribution in [1.82, 2.24) is 4.90 Å². The van der Waals surface area contributed by atoms with Crippen LogP contribution in [0.5, 0.6) is 0 Å². The first-order valence-electron chi connectivity index (χ1n) is 6.21. The highest BCUT2D eigenvalue weighted by Gasteiger charge is 2.38. The summed E-state index contributed by atoms with van der Waals surface area (Å²) in [6.07, 6.45) is -4.53. The van der Waals surface area contributed by atoms with Crippen molar-refractivity contribution in [1.29, 1.82) is 0 Å². The van der Waals surface area contributed by atoms with E-state index in [1.807, 2.05) is 0 Å². The first-order chi connectivity index (χ1) is 9.74. The van der Waals surface area contributed by atoms with E-state index in [1.165, 1.54) is 6.07 Å². The van der Waals surface area contributed by atoms with Crippen LogP contribution in [0.2, 0.25) is 0 Å². The number of likely N-dealkylation sites (N-methyl/N-ethyl adjacent to an activating group) is 1. The van der Waals surface area contributed by atoms with Gasteiger partial charge in [-0.05, 0) is 41.1 Å². The fraction of sp³-hybridized carbons (Fsp3) is 0.385. The topological polar surface area (TPSA) is 49.4 Å². The first kappa shape index (κ1) is 15.8. The van der Waals surface area contributed by atoms with Gasteiger partial charge in [-0.3, -0.25) is 14.5 Å². The average molecular weight is 365 g/mol. The van der Waals surface area contributed by atoms with Gasteiger partial charge in [-0.25, -0.2) is 0 Å². The van der Waals surface area contributed by atoms with Crippen LogP contribution in [0.15, 0.2) is 22.7 Å². The lowest BCUT2D eigenvalue weighted by Crippen LogP contribution is -2.34. The summed E-state index contributed by atoms with van der Waals surface area (Å²) in [4.78, 5) is 24.6. The molecule has 4 nitrogen and oxygen atoms in total. The molecule has 1 aliphatic rings. The molecule has 1 aromatic carbocycles. The van der Waals surface area contributed by atoms with Crippen molar-refractivity contribution in [2.45, 2.75) is 25.6 Å². The first-order valence-corrected chi connectivity index (χ1v) is 7.00. The fourth-order valence-corrected chi connectivity index (χ4v) is 2.49. The van der Waals surface area contributed by atoms with Crippen molar-refractivity contribution >= 4 is 33.4 Å². The molecule has 21 heavy (non-hydrogen) atoms. The molecule has 1 aliphatic heterocycles. The van der Waals surface area contributed by atoms with E-state index in [0.717, 1.165) is 17.0 Å². The molecule has 0 radical (unpaired) electrons.